The quantitative estimate of drug-likeness (QED) is 0.599. The second-order valence-electron chi connectivity index (χ2n) is 3.82. The molecule has 0 spiro atoms. The van der Waals surface area contributed by atoms with Crippen LogP contribution in [0.3, 0.4) is 0 Å². The Morgan fingerprint density at radius 3 is 3.06 bits per heavy atom. The topological polar surface area (TPSA) is 61.6 Å². The number of rotatable bonds is 4. The molecule has 0 amide bonds. The van der Waals surface area contributed by atoms with Crippen LogP contribution in [0.4, 0.5) is 10.1 Å². The normalized spacial score (nSPS) is 19.2. The summed E-state index contributed by atoms with van der Waals surface area (Å²) in [6, 6.07) is 3.16. The van der Waals surface area contributed by atoms with Crippen molar-refractivity contribution in [3.05, 3.63) is 34.1 Å². The summed E-state index contributed by atoms with van der Waals surface area (Å²) in [5.41, 5.74) is -0.232. The molecule has 92 valence electrons. The highest BCUT2D eigenvalue weighted by Gasteiger charge is 2.20. The fourth-order valence-electron chi connectivity index (χ4n) is 1.71. The number of nitrogens with zero attached hydrogens (tertiary/aromatic N) is 1. The molecule has 1 aliphatic rings. The summed E-state index contributed by atoms with van der Waals surface area (Å²) >= 11 is 0. The van der Waals surface area contributed by atoms with Crippen LogP contribution >= 0.6 is 0 Å². The SMILES string of the molecule is O=[N+]([O-])c1ccc(F)cc1OCC1CCCO1. The number of hydrogen-bond acceptors (Lipinski definition) is 4. The van der Waals surface area contributed by atoms with E-state index in [9.17, 15) is 14.5 Å². The Balaban J connectivity index is 2.07. The molecule has 5 nitrogen and oxygen atoms in total. The van der Waals surface area contributed by atoms with Crippen molar-refractivity contribution in [3.63, 3.8) is 0 Å². The third-order valence-electron chi connectivity index (χ3n) is 2.57. The minimum Gasteiger partial charge on any atom is -0.484 e. The van der Waals surface area contributed by atoms with Crippen LogP contribution in [0.2, 0.25) is 0 Å². The zero-order chi connectivity index (χ0) is 12.3. The maximum Gasteiger partial charge on any atom is 0.311 e. The molecule has 1 aromatic carbocycles. The van der Waals surface area contributed by atoms with E-state index in [4.69, 9.17) is 9.47 Å². The number of benzene rings is 1. The van der Waals surface area contributed by atoms with E-state index in [2.05, 4.69) is 0 Å². The molecule has 0 aliphatic carbocycles. The fourth-order valence-corrected chi connectivity index (χ4v) is 1.71. The number of halogens is 1. The van der Waals surface area contributed by atoms with Gasteiger partial charge in [0.2, 0.25) is 0 Å². The summed E-state index contributed by atoms with van der Waals surface area (Å²) in [5.74, 6) is -0.608. The van der Waals surface area contributed by atoms with Gasteiger partial charge in [0.1, 0.15) is 12.4 Å². The van der Waals surface area contributed by atoms with Crippen molar-refractivity contribution in [2.45, 2.75) is 18.9 Å². The van der Waals surface area contributed by atoms with Crippen LogP contribution in [-0.4, -0.2) is 24.2 Å². The van der Waals surface area contributed by atoms with E-state index in [0.717, 1.165) is 31.0 Å². The van der Waals surface area contributed by atoms with E-state index >= 15 is 0 Å². The Hall–Kier alpha value is -1.69. The molecule has 1 heterocycles. The van der Waals surface area contributed by atoms with Crippen LogP contribution in [0, 0.1) is 15.9 Å². The Bertz CT molecular complexity index is 418. The fraction of sp³-hybridized carbons (Fsp3) is 0.455. The van der Waals surface area contributed by atoms with E-state index in [1.54, 1.807) is 0 Å². The van der Waals surface area contributed by atoms with Crippen molar-refractivity contribution in [1.82, 2.24) is 0 Å². The van der Waals surface area contributed by atoms with E-state index in [-0.39, 0.29) is 24.1 Å². The highest BCUT2D eigenvalue weighted by Crippen LogP contribution is 2.28. The largest absolute Gasteiger partial charge is 0.484 e. The molecule has 1 fully saturated rings. The van der Waals surface area contributed by atoms with Gasteiger partial charge in [-0.25, -0.2) is 4.39 Å². The van der Waals surface area contributed by atoms with Crippen LogP contribution in [0.15, 0.2) is 18.2 Å². The van der Waals surface area contributed by atoms with E-state index in [1.807, 2.05) is 0 Å². The molecule has 1 unspecified atom stereocenters. The molecule has 0 radical (unpaired) electrons. The van der Waals surface area contributed by atoms with Gasteiger partial charge in [-0.2, -0.15) is 0 Å². The Labute approximate surface area is 97.3 Å². The van der Waals surface area contributed by atoms with Crippen LogP contribution in [0.1, 0.15) is 12.8 Å². The standard InChI is InChI=1S/C11H12FNO4/c12-8-3-4-10(13(14)15)11(6-8)17-7-9-2-1-5-16-9/h3-4,6,9H,1-2,5,7H2. The Morgan fingerprint density at radius 1 is 1.59 bits per heavy atom. The Kier molecular flexibility index (Phi) is 3.53. The average Bonchev–Trinajstić information content (AvgIpc) is 2.78. The van der Waals surface area contributed by atoms with Crippen molar-refractivity contribution in [2.75, 3.05) is 13.2 Å². The lowest BCUT2D eigenvalue weighted by Crippen LogP contribution is -2.16. The highest BCUT2D eigenvalue weighted by atomic mass is 19.1. The van der Waals surface area contributed by atoms with Crippen molar-refractivity contribution in [1.29, 1.82) is 0 Å². The molecule has 6 heteroatoms. The molecule has 17 heavy (non-hydrogen) atoms. The van der Waals surface area contributed by atoms with Gasteiger partial charge in [-0.3, -0.25) is 10.1 Å². The molecule has 1 atom stereocenters. The van der Waals surface area contributed by atoms with Crippen molar-refractivity contribution in [2.24, 2.45) is 0 Å². The molecular weight excluding hydrogens is 229 g/mol. The van der Waals surface area contributed by atoms with Crippen LogP contribution in [0.5, 0.6) is 5.75 Å². The first-order valence-electron chi connectivity index (χ1n) is 5.35. The summed E-state index contributed by atoms with van der Waals surface area (Å²) in [4.78, 5) is 10.1. The molecule has 0 aromatic heterocycles. The smallest absolute Gasteiger partial charge is 0.311 e. The van der Waals surface area contributed by atoms with Crippen LogP contribution in [0.25, 0.3) is 0 Å². The van der Waals surface area contributed by atoms with Gasteiger partial charge in [0, 0.05) is 18.7 Å². The highest BCUT2D eigenvalue weighted by molar-refractivity contribution is 5.46. The number of hydrogen-bond donors (Lipinski definition) is 0. The maximum atomic E-state index is 13.0. The summed E-state index contributed by atoms with van der Waals surface area (Å²) in [5, 5.41) is 10.7. The molecule has 1 saturated heterocycles. The van der Waals surface area contributed by atoms with E-state index < -0.39 is 10.7 Å². The van der Waals surface area contributed by atoms with Crippen molar-refractivity contribution < 1.29 is 18.8 Å². The van der Waals surface area contributed by atoms with Gasteiger partial charge in [0.25, 0.3) is 0 Å². The lowest BCUT2D eigenvalue weighted by molar-refractivity contribution is -0.386. The minimum absolute atomic E-state index is 0.0505. The van der Waals surface area contributed by atoms with Gasteiger partial charge < -0.3 is 9.47 Å². The molecule has 1 aromatic rings. The van der Waals surface area contributed by atoms with Crippen molar-refractivity contribution >= 4 is 5.69 Å². The molecule has 0 bridgehead atoms. The predicted octanol–water partition coefficient (Wildman–Crippen LogP) is 2.29. The van der Waals surface area contributed by atoms with Gasteiger partial charge in [-0.05, 0) is 18.9 Å². The lowest BCUT2D eigenvalue weighted by atomic mass is 10.2. The number of ether oxygens (including phenoxy) is 2. The summed E-state index contributed by atoms with van der Waals surface area (Å²) < 4.78 is 23.6. The van der Waals surface area contributed by atoms with Crippen LogP contribution in [-0.2, 0) is 4.74 Å². The van der Waals surface area contributed by atoms with Gasteiger partial charge in [0.15, 0.2) is 5.75 Å². The second-order valence-corrected chi connectivity index (χ2v) is 3.82. The first kappa shape index (κ1) is 11.8. The monoisotopic (exact) mass is 241 g/mol. The zero-order valence-corrected chi connectivity index (χ0v) is 9.10. The summed E-state index contributed by atoms with van der Waals surface area (Å²) in [7, 11) is 0. The lowest BCUT2D eigenvalue weighted by Gasteiger charge is -2.11. The van der Waals surface area contributed by atoms with Crippen molar-refractivity contribution in [3.8, 4) is 5.75 Å². The average molecular weight is 241 g/mol. The Morgan fingerprint density at radius 2 is 2.41 bits per heavy atom. The molecular formula is C11H12FNO4. The maximum absolute atomic E-state index is 13.0. The summed E-state index contributed by atoms with van der Waals surface area (Å²) in [6.45, 7) is 0.892. The first-order valence-corrected chi connectivity index (χ1v) is 5.35. The molecule has 1 aliphatic heterocycles. The van der Waals surface area contributed by atoms with Gasteiger partial charge in [-0.15, -0.1) is 0 Å². The van der Waals surface area contributed by atoms with E-state index in [1.165, 1.54) is 0 Å². The second kappa shape index (κ2) is 5.09. The minimum atomic E-state index is -0.593. The number of nitro groups is 1. The molecule has 2 rings (SSSR count). The number of nitro benzene ring substituents is 1. The van der Waals surface area contributed by atoms with Crippen LogP contribution < -0.4 is 4.74 Å². The van der Waals surface area contributed by atoms with E-state index in [0.29, 0.717) is 6.61 Å². The molecule has 0 saturated carbocycles. The third kappa shape index (κ3) is 2.91. The molecule has 0 N–H and O–H groups in total. The zero-order valence-electron chi connectivity index (χ0n) is 9.10. The predicted molar refractivity (Wildman–Crippen MR) is 57.5 cm³/mol. The van der Waals surface area contributed by atoms with Gasteiger partial charge in [-0.1, -0.05) is 0 Å². The first-order chi connectivity index (χ1) is 8.16. The van der Waals surface area contributed by atoms with Gasteiger partial charge >= 0.3 is 5.69 Å². The van der Waals surface area contributed by atoms with Gasteiger partial charge in [0.05, 0.1) is 11.0 Å². The third-order valence-corrected chi connectivity index (χ3v) is 2.57. The summed E-state index contributed by atoms with van der Waals surface area (Å²) in [6.07, 6.45) is 1.76.